The molecule has 0 aliphatic heterocycles. The first-order valence-electron chi connectivity index (χ1n) is 9.24. The van der Waals surface area contributed by atoms with Crippen molar-refractivity contribution in [3.05, 3.63) is 48.0 Å². The van der Waals surface area contributed by atoms with Crippen molar-refractivity contribution in [1.82, 2.24) is 0 Å². The van der Waals surface area contributed by atoms with Gasteiger partial charge in [0, 0.05) is 13.2 Å². The number of rotatable bonds is 9. The second kappa shape index (κ2) is 8.84. The minimum absolute atomic E-state index is 0.229. The van der Waals surface area contributed by atoms with Crippen molar-refractivity contribution < 1.29 is 32.2 Å². The molecule has 0 aromatic heterocycles. The molecule has 1 atom stereocenters. The van der Waals surface area contributed by atoms with Crippen LogP contribution in [0.1, 0.15) is 30.1 Å². The lowest BCUT2D eigenvalue weighted by Gasteiger charge is -2.16. The molecule has 7 nitrogen and oxygen atoms in total. The van der Waals surface area contributed by atoms with E-state index in [4.69, 9.17) is 18.9 Å². The maximum atomic E-state index is 12.3. The van der Waals surface area contributed by atoms with Crippen LogP contribution in [0.3, 0.4) is 0 Å². The summed E-state index contributed by atoms with van der Waals surface area (Å²) in [7, 11) is -0.381. The summed E-state index contributed by atoms with van der Waals surface area (Å²) < 4.78 is 46.0. The van der Waals surface area contributed by atoms with Crippen LogP contribution in [0, 0.1) is 0 Å². The third-order valence-electron chi connectivity index (χ3n) is 4.39. The van der Waals surface area contributed by atoms with E-state index in [1.165, 1.54) is 25.3 Å². The highest BCUT2D eigenvalue weighted by Gasteiger charge is 2.36. The summed E-state index contributed by atoms with van der Waals surface area (Å²) in [5, 5.41) is -0.264. The van der Waals surface area contributed by atoms with E-state index in [2.05, 4.69) is 0 Å². The molecular weight excluding hydrogens is 396 g/mol. The van der Waals surface area contributed by atoms with Crippen LogP contribution in [0.15, 0.2) is 47.4 Å². The molecule has 1 saturated carbocycles. The van der Waals surface area contributed by atoms with Gasteiger partial charge in [0.25, 0.3) is 0 Å². The molecule has 0 radical (unpaired) electrons. The quantitative estimate of drug-likeness (QED) is 0.573. The lowest BCUT2D eigenvalue weighted by Crippen LogP contribution is -2.18. The zero-order valence-electron chi connectivity index (χ0n) is 16.6. The molecule has 0 heterocycles. The Morgan fingerprint density at radius 1 is 1.03 bits per heavy atom. The van der Waals surface area contributed by atoms with Gasteiger partial charge in [0.2, 0.25) is 0 Å². The summed E-state index contributed by atoms with van der Waals surface area (Å²) in [6, 6.07) is 11.0. The van der Waals surface area contributed by atoms with Gasteiger partial charge < -0.3 is 18.9 Å². The summed E-state index contributed by atoms with van der Waals surface area (Å²) in [5.41, 5.74) is 0.276. The van der Waals surface area contributed by atoms with E-state index in [-0.39, 0.29) is 21.8 Å². The Hall–Kier alpha value is -2.58. The average molecular weight is 420 g/mol. The lowest BCUT2D eigenvalue weighted by molar-refractivity contribution is 0.0598. The van der Waals surface area contributed by atoms with E-state index in [0.29, 0.717) is 36.7 Å². The van der Waals surface area contributed by atoms with E-state index in [1.807, 2.05) is 6.92 Å². The van der Waals surface area contributed by atoms with Crippen molar-refractivity contribution in [3.8, 4) is 17.2 Å². The van der Waals surface area contributed by atoms with Gasteiger partial charge >= 0.3 is 5.97 Å². The SMILES string of the molecule is COCC(C)Oc1cc(Oc2ccc(S(=O)(=O)C3CC3)cc2)cc(C(=O)OC)c1. The van der Waals surface area contributed by atoms with E-state index in [9.17, 15) is 13.2 Å². The van der Waals surface area contributed by atoms with Crippen LogP contribution >= 0.6 is 0 Å². The van der Waals surface area contributed by atoms with Crippen LogP contribution in [-0.2, 0) is 19.3 Å². The predicted molar refractivity (Wildman–Crippen MR) is 106 cm³/mol. The normalized spacial score (nSPS) is 14.9. The van der Waals surface area contributed by atoms with Gasteiger partial charge in [0.1, 0.15) is 23.4 Å². The minimum Gasteiger partial charge on any atom is -0.488 e. The van der Waals surface area contributed by atoms with E-state index in [1.54, 1.807) is 31.4 Å². The molecule has 0 spiro atoms. The van der Waals surface area contributed by atoms with Gasteiger partial charge in [-0.15, -0.1) is 0 Å². The fourth-order valence-corrected chi connectivity index (χ4v) is 4.50. The van der Waals surface area contributed by atoms with Crippen LogP contribution in [-0.4, -0.2) is 46.6 Å². The summed E-state index contributed by atoms with van der Waals surface area (Å²) in [5.74, 6) is 0.717. The monoisotopic (exact) mass is 420 g/mol. The summed E-state index contributed by atoms with van der Waals surface area (Å²) in [6.07, 6.45) is 1.20. The third-order valence-corrected chi connectivity index (χ3v) is 6.67. The minimum atomic E-state index is -3.25. The van der Waals surface area contributed by atoms with Crippen molar-refractivity contribution in [2.45, 2.75) is 36.0 Å². The van der Waals surface area contributed by atoms with Gasteiger partial charge in [-0.3, -0.25) is 0 Å². The fourth-order valence-electron chi connectivity index (χ4n) is 2.84. The lowest BCUT2D eigenvalue weighted by atomic mass is 10.2. The molecular formula is C21H24O7S. The van der Waals surface area contributed by atoms with Crippen molar-refractivity contribution in [3.63, 3.8) is 0 Å². The number of ether oxygens (including phenoxy) is 4. The van der Waals surface area contributed by atoms with E-state index >= 15 is 0 Å². The molecule has 1 aliphatic rings. The fraction of sp³-hybridized carbons (Fsp3) is 0.381. The van der Waals surface area contributed by atoms with Crippen molar-refractivity contribution in [1.29, 1.82) is 0 Å². The first-order chi connectivity index (χ1) is 13.8. The van der Waals surface area contributed by atoms with E-state index in [0.717, 1.165) is 0 Å². The number of carbonyl (C=O) groups is 1. The van der Waals surface area contributed by atoms with Crippen LogP contribution in [0.2, 0.25) is 0 Å². The standard InChI is InChI=1S/C21H24O7S/c1-14(13-25-2)27-17-10-15(21(22)26-3)11-18(12-17)28-16-4-6-19(7-5-16)29(23,24)20-8-9-20/h4-7,10-12,14,20H,8-9,13H2,1-3H3. The topological polar surface area (TPSA) is 88.1 Å². The van der Waals surface area contributed by atoms with Crippen molar-refractivity contribution >= 4 is 15.8 Å². The molecule has 0 N–H and O–H groups in total. The second-order valence-corrected chi connectivity index (χ2v) is 9.11. The van der Waals surface area contributed by atoms with Gasteiger partial charge in [-0.25, -0.2) is 13.2 Å². The second-order valence-electron chi connectivity index (χ2n) is 6.89. The molecule has 1 fully saturated rings. The first-order valence-corrected chi connectivity index (χ1v) is 10.8. The Morgan fingerprint density at radius 3 is 2.28 bits per heavy atom. The molecule has 0 amide bonds. The summed E-state index contributed by atoms with van der Waals surface area (Å²) in [4.78, 5) is 12.3. The van der Waals surface area contributed by atoms with E-state index < -0.39 is 15.8 Å². The van der Waals surface area contributed by atoms with Gasteiger partial charge in [0.15, 0.2) is 9.84 Å². The zero-order chi connectivity index (χ0) is 21.0. The predicted octanol–water partition coefficient (Wildman–Crippen LogP) is 3.62. The highest BCUT2D eigenvalue weighted by molar-refractivity contribution is 7.92. The molecule has 156 valence electrons. The highest BCUT2D eigenvalue weighted by Crippen LogP contribution is 2.35. The Morgan fingerprint density at radius 2 is 1.69 bits per heavy atom. The molecule has 8 heteroatoms. The van der Waals surface area contributed by atoms with Crippen molar-refractivity contribution in [2.24, 2.45) is 0 Å². The Bertz CT molecular complexity index is 963. The van der Waals surface area contributed by atoms with Gasteiger partial charge in [-0.1, -0.05) is 0 Å². The molecule has 0 bridgehead atoms. The molecule has 0 saturated heterocycles. The number of methoxy groups -OCH3 is 2. The smallest absolute Gasteiger partial charge is 0.338 e. The Balaban J connectivity index is 1.82. The van der Waals surface area contributed by atoms with Crippen LogP contribution in [0.25, 0.3) is 0 Å². The zero-order valence-corrected chi connectivity index (χ0v) is 17.4. The van der Waals surface area contributed by atoms with Gasteiger partial charge in [-0.05, 0) is 56.2 Å². The van der Waals surface area contributed by atoms with Gasteiger partial charge in [-0.2, -0.15) is 0 Å². The van der Waals surface area contributed by atoms with Crippen LogP contribution < -0.4 is 9.47 Å². The average Bonchev–Trinajstić information content (AvgIpc) is 3.53. The molecule has 29 heavy (non-hydrogen) atoms. The van der Waals surface area contributed by atoms with Crippen LogP contribution in [0.4, 0.5) is 0 Å². The molecule has 3 rings (SSSR count). The number of benzene rings is 2. The number of carbonyl (C=O) groups excluding carboxylic acids is 1. The maximum absolute atomic E-state index is 12.3. The number of esters is 1. The third kappa shape index (κ3) is 5.27. The summed E-state index contributed by atoms with van der Waals surface area (Å²) >= 11 is 0. The molecule has 1 unspecified atom stereocenters. The summed E-state index contributed by atoms with van der Waals surface area (Å²) in [6.45, 7) is 2.23. The molecule has 2 aromatic rings. The Kier molecular flexibility index (Phi) is 6.44. The highest BCUT2D eigenvalue weighted by atomic mass is 32.2. The van der Waals surface area contributed by atoms with Crippen molar-refractivity contribution in [2.75, 3.05) is 20.8 Å². The maximum Gasteiger partial charge on any atom is 0.338 e. The Labute approximate surface area is 170 Å². The first kappa shape index (κ1) is 21.1. The number of hydrogen-bond acceptors (Lipinski definition) is 7. The van der Waals surface area contributed by atoms with Gasteiger partial charge in [0.05, 0.1) is 29.4 Å². The largest absolute Gasteiger partial charge is 0.488 e. The number of hydrogen-bond donors (Lipinski definition) is 0. The number of sulfone groups is 1. The molecule has 1 aliphatic carbocycles. The van der Waals surface area contributed by atoms with Crippen LogP contribution in [0.5, 0.6) is 17.2 Å². The molecule has 2 aromatic carbocycles.